The van der Waals surface area contributed by atoms with Gasteiger partial charge in [-0.2, -0.15) is 0 Å². The van der Waals surface area contributed by atoms with Gasteiger partial charge in [-0.3, -0.25) is 9.59 Å². The molecule has 1 saturated heterocycles. The number of aromatic nitrogens is 1. The van der Waals surface area contributed by atoms with Crippen LogP contribution in [0, 0.1) is 11.8 Å². The summed E-state index contributed by atoms with van der Waals surface area (Å²) in [6.45, 7) is 3.50. The molecule has 0 unspecified atom stereocenters. The van der Waals surface area contributed by atoms with Crippen molar-refractivity contribution in [1.82, 2.24) is 15.4 Å². The summed E-state index contributed by atoms with van der Waals surface area (Å²) in [5.74, 6) is 0.918. The first-order valence-electron chi connectivity index (χ1n) is 11.8. The molecule has 2 atom stereocenters. The maximum absolute atomic E-state index is 13.4. The molecule has 33 heavy (non-hydrogen) atoms. The molecule has 1 aromatic heterocycles. The third-order valence-electron chi connectivity index (χ3n) is 6.81. The van der Waals surface area contributed by atoms with Crippen molar-refractivity contribution < 1.29 is 14.1 Å². The second kappa shape index (κ2) is 9.22. The van der Waals surface area contributed by atoms with Crippen molar-refractivity contribution in [3.8, 4) is 11.1 Å². The first-order valence-corrected chi connectivity index (χ1v) is 11.8. The van der Waals surface area contributed by atoms with Crippen molar-refractivity contribution in [1.29, 1.82) is 0 Å². The lowest BCUT2D eigenvalue weighted by molar-refractivity contribution is -0.124. The zero-order valence-corrected chi connectivity index (χ0v) is 18.9. The molecule has 1 aliphatic carbocycles. The molecular weight excluding hydrogens is 414 g/mol. The van der Waals surface area contributed by atoms with Crippen molar-refractivity contribution in [2.24, 2.45) is 11.8 Å². The Bertz CT molecular complexity index is 1140. The average Bonchev–Trinajstić information content (AvgIpc) is 3.17. The second-order valence-electron chi connectivity index (χ2n) is 9.29. The van der Waals surface area contributed by atoms with Crippen LogP contribution in [0.4, 0.5) is 0 Å². The van der Waals surface area contributed by atoms with Crippen molar-refractivity contribution in [2.45, 2.75) is 32.6 Å². The summed E-state index contributed by atoms with van der Waals surface area (Å²) in [6, 6.07) is 18.5. The van der Waals surface area contributed by atoms with Gasteiger partial charge in [0.05, 0.1) is 5.92 Å². The van der Waals surface area contributed by atoms with E-state index in [0.29, 0.717) is 37.7 Å². The van der Waals surface area contributed by atoms with E-state index in [4.69, 9.17) is 4.52 Å². The Kier molecular flexibility index (Phi) is 5.99. The Labute approximate surface area is 194 Å². The minimum atomic E-state index is -0.305. The van der Waals surface area contributed by atoms with Crippen LogP contribution in [0.15, 0.2) is 59.1 Å². The molecule has 5 rings (SSSR count). The van der Waals surface area contributed by atoms with Gasteiger partial charge in [-0.25, -0.2) is 0 Å². The third kappa shape index (κ3) is 4.56. The standard InChI is InChI=1S/C27H29N3O3/c1-18-7-12-24-23(15-18)25(29-33-24)27(32)30-14-13-28-26(31)22(17-30)16-19-8-10-21(11-9-19)20-5-3-2-4-6-20/h2-6,8-11,18,22H,7,12-17H2,1H3,(H,28,31)/t18-,22+/m1/s1. The van der Waals surface area contributed by atoms with Gasteiger partial charge in [0.1, 0.15) is 5.76 Å². The molecule has 6 nitrogen and oxygen atoms in total. The lowest BCUT2D eigenvalue weighted by Gasteiger charge is -2.23. The number of nitrogens with one attached hydrogen (secondary N) is 1. The number of aryl methyl sites for hydroxylation is 1. The van der Waals surface area contributed by atoms with Crippen LogP contribution in [-0.2, 0) is 24.1 Å². The van der Waals surface area contributed by atoms with E-state index in [9.17, 15) is 9.59 Å². The van der Waals surface area contributed by atoms with E-state index in [2.05, 4.69) is 53.8 Å². The number of benzene rings is 2. The Morgan fingerprint density at radius 1 is 1.12 bits per heavy atom. The van der Waals surface area contributed by atoms with Crippen LogP contribution in [0.25, 0.3) is 11.1 Å². The number of amides is 2. The maximum atomic E-state index is 13.4. The van der Waals surface area contributed by atoms with Gasteiger partial charge in [0.2, 0.25) is 5.91 Å². The average molecular weight is 444 g/mol. The van der Waals surface area contributed by atoms with E-state index in [1.54, 1.807) is 4.90 Å². The van der Waals surface area contributed by atoms with E-state index >= 15 is 0 Å². The number of carbonyl (C=O) groups excluding carboxylic acids is 2. The van der Waals surface area contributed by atoms with Gasteiger partial charge in [0.15, 0.2) is 5.69 Å². The number of nitrogens with zero attached hydrogens (tertiary/aromatic N) is 2. The molecule has 2 aliphatic rings. The van der Waals surface area contributed by atoms with Crippen LogP contribution in [0.5, 0.6) is 0 Å². The maximum Gasteiger partial charge on any atom is 0.276 e. The van der Waals surface area contributed by atoms with E-state index in [1.165, 1.54) is 5.56 Å². The Morgan fingerprint density at radius 2 is 1.88 bits per heavy atom. The van der Waals surface area contributed by atoms with Gasteiger partial charge in [-0.1, -0.05) is 66.7 Å². The van der Waals surface area contributed by atoms with E-state index in [-0.39, 0.29) is 17.7 Å². The minimum Gasteiger partial charge on any atom is -0.360 e. The van der Waals surface area contributed by atoms with Crippen LogP contribution in [0.1, 0.15) is 40.7 Å². The van der Waals surface area contributed by atoms with Crippen LogP contribution in [-0.4, -0.2) is 41.5 Å². The number of hydrogen-bond donors (Lipinski definition) is 1. The molecule has 0 spiro atoms. The highest BCUT2D eigenvalue weighted by molar-refractivity contribution is 5.94. The lowest BCUT2D eigenvalue weighted by Crippen LogP contribution is -2.38. The summed E-state index contributed by atoms with van der Waals surface area (Å²) in [5, 5.41) is 7.11. The van der Waals surface area contributed by atoms with E-state index in [1.807, 2.05) is 18.2 Å². The molecule has 2 heterocycles. The minimum absolute atomic E-state index is 0.00626. The molecule has 0 radical (unpaired) electrons. The SMILES string of the molecule is C[C@@H]1CCc2onc(C(=O)N3CCNC(=O)[C@@H](Cc4ccc(-c5ccccc5)cc4)C3)c2C1. The fourth-order valence-corrected chi connectivity index (χ4v) is 4.88. The Morgan fingerprint density at radius 3 is 2.67 bits per heavy atom. The molecule has 1 aliphatic heterocycles. The van der Waals surface area contributed by atoms with Crippen LogP contribution in [0.3, 0.4) is 0 Å². The monoisotopic (exact) mass is 443 g/mol. The highest BCUT2D eigenvalue weighted by Crippen LogP contribution is 2.29. The topological polar surface area (TPSA) is 75.4 Å². The number of hydrogen-bond acceptors (Lipinski definition) is 4. The first-order chi connectivity index (χ1) is 16.1. The number of carbonyl (C=O) groups is 2. The highest BCUT2D eigenvalue weighted by atomic mass is 16.5. The van der Waals surface area contributed by atoms with E-state index < -0.39 is 0 Å². The van der Waals surface area contributed by atoms with Crippen molar-refractivity contribution in [3.05, 3.63) is 77.2 Å². The first kappa shape index (κ1) is 21.4. The third-order valence-corrected chi connectivity index (χ3v) is 6.81. The quantitative estimate of drug-likeness (QED) is 0.664. The summed E-state index contributed by atoms with van der Waals surface area (Å²) in [4.78, 5) is 27.9. The highest BCUT2D eigenvalue weighted by Gasteiger charge is 2.33. The van der Waals surface area contributed by atoms with Crippen molar-refractivity contribution >= 4 is 11.8 Å². The lowest BCUT2D eigenvalue weighted by atomic mass is 9.88. The normalized spacial score (nSPS) is 20.6. The Balaban J connectivity index is 1.31. The van der Waals surface area contributed by atoms with Gasteiger partial charge in [-0.05, 0) is 41.9 Å². The number of fused-ring (bicyclic) bond motifs is 1. The van der Waals surface area contributed by atoms with E-state index in [0.717, 1.165) is 41.7 Å². The van der Waals surface area contributed by atoms with Crippen LogP contribution < -0.4 is 5.32 Å². The summed E-state index contributed by atoms with van der Waals surface area (Å²) >= 11 is 0. The molecule has 3 aromatic rings. The summed E-state index contributed by atoms with van der Waals surface area (Å²) in [7, 11) is 0. The van der Waals surface area contributed by atoms with Gasteiger partial charge >= 0.3 is 0 Å². The predicted molar refractivity (Wildman–Crippen MR) is 126 cm³/mol. The largest absolute Gasteiger partial charge is 0.360 e. The van der Waals surface area contributed by atoms with Crippen molar-refractivity contribution in [3.63, 3.8) is 0 Å². The van der Waals surface area contributed by atoms with Crippen LogP contribution >= 0.6 is 0 Å². The predicted octanol–water partition coefficient (Wildman–Crippen LogP) is 3.90. The van der Waals surface area contributed by atoms with Crippen molar-refractivity contribution in [2.75, 3.05) is 19.6 Å². The molecule has 170 valence electrons. The zero-order valence-electron chi connectivity index (χ0n) is 18.9. The smallest absolute Gasteiger partial charge is 0.276 e. The molecule has 1 N–H and O–H groups in total. The zero-order chi connectivity index (χ0) is 22.8. The number of rotatable bonds is 4. The molecule has 0 bridgehead atoms. The second-order valence-corrected chi connectivity index (χ2v) is 9.29. The molecule has 1 fully saturated rings. The summed E-state index contributed by atoms with van der Waals surface area (Å²) in [6.07, 6.45) is 3.29. The van der Waals surface area contributed by atoms with Gasteiger partial charge in [0.25, 0.3) is 5.91 Å². The van der Waals surface area contributed by atoms with Gasteiger partial charge in [0, 0.05) is 31.6 Å². The molecule has 2 amide bonds. The fraction of sp³-hybridized carbons (Fsp3) is 0.370. The molecule has 2 aromatic carbocycles. The summed E-state index contributed by atoms with van der Waals surface area (Å²) < 4.78 is 5.49. The molecule has 0 saturated carbocycles. The molecule has 6 heteroatoms. The van der Waals surface area contributed by atoms with Gasteiger partial charge < -0.3 is 14.7 Å². The van der Waals surface area contributed by atoms with Crippen LogP contribution in [0.2, 0.25) is 0 Å². The Hall–Kier alpha value is -3.41. The molecular formula is C27H29N3O3. The summed E-state index contributed by atoms with van der Waals surface area (Å²) in [5.41, 5.74) is 4.77. The van der Waals surface area contributed by atoms with Gasteiger partial charge in [-0.15, -0.1) is 0 Å². The fourth-order valence-electron chi connectivity index (χ4n) is 4.88.